The van der Waals surface area contributed by atoms with Gasteiger partial charge < -0.3 is 4.74 Å². The molecule has 0 saturated heterocycles. The maximum absolute atomic E-state index is 10.5. The predicted octanol–water partition coefficient (Wildman–Crippen LogP) is 3.97. The average Bonchev–Trinajstić information content (AvgIpc) is 2.46. The maximum atomic E-state index is 10.5. The lowest BCUT2D eigenvalue weighted by molar-refractivity contribution is 0.112. The van der Waals surface area contributed by atoms with Crippen molar-refractivity contribution >= 4 is 22.2 Å². The van der Waals surface area contributed by atoms with Crippen molar-refractivity contribution in [3.8, 4) is 5.75 Å². The van der Waals surface area contributed by atoms with Gasteiger partial charge in [0.2, 0.25) is 0 Å². The largest absolute Gasteiger partial charge is 0.489 e. The number of carbonyl (C=O) groups excluding carboxylic acids is 1. The van der Waals surface area contributed by atoms with Crippen LogP contribution in [0.3, 0.4) is 0 Å². The number of halogens is 1. The van der Waals surface area contributed by atoms with E-state index < -0.39 is 0 Å². The number of alkyl halides is 1. The first kappa shape index (κ1) is 12.8. The van der Waals surface area contributed by atoms with E-state index in [1.165, 1.54) is 5.56 Å². The Morgan fingerprint density at radius 1 is 0.944 bits per heavy atom. The van der Waals surface area contributed by atoms with Crippen molar-refractivity contribution in [2.75, 3.05) is 0 Å². The molecular weight excluding hydrogens is 292 g/mol. The van der Waals surface area contributed by atoms with Crippen LogP contribution in [-0.2, 0) is 11.9 Å². The van der Waals surface area contributed by atoms with Crippen molar-refractivity contribution in [1.82, 2.24) is 0 Å². The molecule has 18 heavy (non-hydrogen) atoms. The second-order valence-corrected chi connectivity index (χ2v) is 4.49. The van der Waals surface area contributed by atoms with Crippen LogP contribution in [0, 0.1) is 0 Å². The summed E-state index contributed by atoms with van der Waals surface area (Å²) >= 11 is 3.41. The Kier molecular flexibility index (Phi) is 4.53. The molecule has 0 heterocycles. The van der Waals surface area contributed by atoms with E-state index in [1.54, 1.807) is 24.3 Å². The zero-order valence-corrected chi connectivity index (χ0v) is 11.4. The summed E-state index contributed by atoms with van der Waals surface area (Å²) in [6, 6.07) is 15.3. The third-order valence-electron chi connectivity index (χ3n) is 2.60. The number of ether oxygens (including phenoxy) is 1. The fourth-order valence-electron chi connectivity index (χ4n) is 1.53. The van der Waals surface area contributed by atoms with Crippen molar-refractivity contribution in [2.45, 2.75) is 11.9 Å². The van der Waals surface area contributed by atoms with Gasteiger partial charge in [0, 0.05) is 10.9 Å². The van der Waals surface area contributed by atoms with E-state index >= 15 is 0 Å². The molecule has 0 fully saturated rings. The van der Waals surface area contributed by atoms with Crippen LogP contribution in [0.25, 0.3) is 0 Å². The molecule has 0 bridgehead atoms. The van der Waals surface area contributed by atoms with Crippen LogP contribution in [0.4, 0.5) is 0 Å². The van der Waals surface area contributed by atoms with Gasteiger partial charge in [0.05, 0.1) is 0 Å². The van der Waals surface area contributed by atoms with Gasteiger partial charge >= 0.3 is 0 Å². The SMILES string of the molecule is O=Cc1ccc(OCc2ccc(CBr)cc2)cc1. The van der Waals surface area contributed by atoms with E-state index in [4.69, 9.17) is 4.74 Å². The number of aldehydes is 1. The van der Waals surface area contributed by atoms with Crippen LogP contribution in [0.2, 0.25) is 0 Å². The molecule has 0 spiro atoms. The molecule has 0 radical (unpaired) electrons. The fraction of sp³-hybridized carbons (Fsp3) is 0.133. The lowest BCUT2D eigenvalue weighted by Gasteiger charge is -2.06. The summed E-state index contributed by atoms with van der Waals surface area (Å²) in [5.41, 5.74) is 3.03. The normalized spacial score (nSPS) is 10.1. The van der Waals surface area contributed by atoms with Gasteiger partial charge in [-0.25, -0.2) is 0 Å². The first-order valence-electron chi connectivity index (χ1n) is 5.63. The topological polar surface area (TPSA) is 26.3 Å². The molecule has 2 rings (SSSR count). The van der Waals surface area contributed by atoms with Gasteiger partial charge in [-0.1, -0.05) is 40.2 Å². The lowest BCUT2D eigenvalue weighted by atomic mass is 10.2. The quantitative estimate of drug-likeness (QED) is 0.617. The predicted molar refractivity (Wildman–Crippen MR) is 75.2 cm³/mol. The number of hydrogen-bond acceptors (Lipinski definition) is 2. The summed E-state index contributed by atoms with van der Waals surface area (Å²) in [6.45, 7) is 0.531. The minimum absolute atomic E-state index is 0.531. The van der Waals surface area contributed by atoms with Gasteiger partial charge in [0.25, 0.3) is 0 Å². The molecule has 0 saturated carbocycles. The standard InChI is InChI=1S/C15H13BrO2/c16-9-12-1-3-14(4-2-12)11-18-15-7-5-13(10-17)6-8-15/h1-8,10H,9,11H2. The van der Waals surface area contributed by atoms with Gasteiger partial charge in [0.1, 0.15) is 18.6 Å². The summed E-state index contributed by atoms with van der Waals surface area (Å²) in [5.74, 6) is 0.769. The highest BCUT2D eigenvalue weighted by Crippen LogP contribution is 2.14. The molecule has 2 aromatic carbocycles. The Labute approximate surface area is 115 Å². The Morgan fingerprint density at radius 2 is 1.56 bits per heavy atom. The maximum Gasteiger partial charge on any atom is 0.150 e. The van der Waals surface area contributed by atoms with Crippen LogP contribution < -0.4 is 4.74 Å². The molecule has 0 atom stereocenters. The number of benzene rings is 2. The molecule has 2 nitrogen and oxygen atoms in total. The smallest absolute Gasteiger partial charge is 0.150 e. The van der Waals surface area contributed by atoms with Crippen LogP contribution in [-0.4, -0.2) is 6.29 Å². The van der Waals surface area contributed by atoms with Crippen molar-refractivity contribution in [1.29, 1.82) is 0 Å². The highest BCUT2D eigenvalue weighted by atomic mass is 79.9. The Balaban J connectivity index is 1.95. The molecule has 3 heteroatoms. The van der Waals surface area contributed by atoms with Gasteiger partial charge in [0.15, 0.2) is 0 Å². The van der Waals surface area contributed by atoms with Crippen LogP contribution in [0.1, 0.15) is 21.5 Å². The fourth-order valence-corrected chi connectivity index (χ4v) is 1.91. The molecule has 0 amide bonds. The molecule has 0 aliphatic carbocycles. The lowest BCUT2D eigenvalue weighted by Crippen LogP contribution is -1.95. The first-order chi connectivity index (χ1) is 8.81. The zero-order chi connectivity index (χ0) is 12.8. The molecule has 92 valence electrons. The minimum atomic E-state index is 0.531. The number of carbonyl (C=O) groups is 1. The van der Waals surface area contributed by atoms with Crippen molar-refractivity contribution in [3.05, 3.63) is 65.2 Å². The van der Waals surface area contributed by atoms with Gasteiger partial charge in [-0.3, -0.25) is 4.79 Å². The van der Waals surface area contributed by atoms with E-state index in [2.05, 4.69) is 40.2 Å². The molecule has 0 N–H and O–H groups in total. The Morgan fingerprint density at radius 3 is 2.11 bits per heavy atom. The van der Waals surface area contributed by atoms with E-state index in [0.717, 1.165) is 22.9 Å². The average molecular weight is 305 g/mol. The summed E-state index contributed by atoms with van der Waals surface area (Å²) < 4.78 is 5.64. The van der Waals surface area contributed by atoms with E-state index in [0.29, 0.717) is 12.2 Å². The Bertz CT molecular complexity index is 503. The Hall–Kier alpha value is -1.61. The second kappa shape index (κ2) is 6.36. The summed E-state index contributed by atoms with van der Waals surface area (Å²) in [5, 5.41) is 0.862. The van der Waals surface area contributed by atoms with Crippen molar-refractivity contribution in [2.24, 2.45) is 0 Å². The molecule has 0 aromatic heterocycles. The van der Waals surface area contributed by atoms with Crippen LogP contribution >= 0.6 is 15.9 Å². The number of rotatable bonds is 5. The van der Waals surface area contributed by atoms with E-state index in [1.807, 2.05) is 0 Å². The minimum Gasteiger partial charge on any atom is -0.489 e. The van der Waals surface area contributed by atoms with Gasteiger partial charge in [-0.15, -0.1) is 0 Å². The van der Waals surface area contributed by atoms with E-state index in [9.17, 15) is 4.79 Å². The summed E-state index contributed by atoms with van der Waals surface area (Å²) in [6.07, 6.45) is 0.822. The van der Waals surface area contributed by atoms with Crippen molar-refractivity contribution < 1.29 is 9.53 Å². The van der Waals surface area contributed by atoms with Crippen molar-refractivity contribution in [3.63, 3.8) is 0 Å². The van der Waals surface area contributed by atoms with E-state index in [-0.39, 0.29) is 0 Å². The van der Waals surface area contributed by atoms with Gasteiger partial charge in [-0.2, -0.15) is 0 Å². The third-order valence-corrected chi connectivity index (χ3v) is 3.25. The summed E-state index contributed by atoms with van der Waals surface area (Å²) in [4.78, 5) is 10.5. The molecule has 0 aliphatic rings. The van der Waals surface area contributed by atoms with Crippen LogP contribution in [0.15, 0.2) is 48.5 Å². The highest BCUT2D eigenvalue weighted by molar-refractivity contribution is 9.08. The zero-order valence-electron chi connectivity index (χ0n) is 9.80. The second-order valence-electron chi connectivity index (χ2n) is 3.93. The summed E-state index contributed by atoms with van der Waals surface area (Å²) in [7, 11) is 0. The number of hydrogen-bond donors (Lipinski definition) is 0. The molecular formula is C15H13BrO2. The third kappa shape index (κ3) is 3.44. The molecule has 0 aliphatic heterocycles. The monoisotopic (exact) mass is 304 g/mol. The van der Waals surface area contributed by atoms with Crippen LogP contribution in [0.5, 0.6) is 5.75 Å². The molecule has 2 aromatic rings. The highest BCUT2D eigenvalue weighted by Gasteiger charge is 1.97. The first-order valence-corrected chi connectivity index (χ1v) is 6.76. The molecule has 0 unspecified atom stereocenters. The van der Waals surface area contributed by atoms with Gasteiger partial charge in [-0.05, 0) is 35.4 Å².